The summed E-state index contributed by atoms with van der Waals surface area (Å²) in [5.74, 6) is -0.507. The second kappa shape index (κ2) is 7.24. The lowest BCUT2D eigenvalue weighted by Gasteiger charge is -2.35. The zero-order chi connectivity index (χ0) is 19.0. The minimum atomic E-state index is -0.850. The first-order valence-corrected chi connectivity index (χ1v) is 9.89. The Morgan fingerprint density at radius 2 is 2.19 bits per heavy atom. The van der Waals surface area contributed by atoms with Gasteiger partial charge in [0.15, 0.2) is 0 Å². The molecule has 1 saturated heterocycles. The molecule has 1 amide bonds. The number of carboxylic acids is 1. The number of aryl methyl sites for hydroxylation is 1. The van der Waals surface area contributed by atoms with Crippen LogP contribution in [0, 0.1) is 5.92 Å². The molecule has 1 aromatic carbocycles. The molecule has 0 radical (unpaired) electrons. The standard InChI is InChI=1S/C21H28N2O4/c1-22(14-19(24)25)12-16-13-23(9-10-27-16)20(26)18-11-21(18)8-4-6-15-5-2-3-7-17(15)21/h2-3,5,7,16,18H,4,6,8-14H2,1H3,(H,24,25). The van der Waals surface area contributed by atoms with Crippen molar-refractivity contribution in [1.82, 2.24) is 9.80 Å². The van der Waals surface area contributed by atoms with E-state index in [0.717, 1.165) is 25.7 Å². The Hall–Kier alpha value is -1.92. The highest BCUT2D eigenvalue weighted by Crippen LogP contribution is 2.60. The molecule has 6 heteroatoms. The SMILES string of the molecule is CN(CC(=O)O)CC1CN(C(=O)C2CC23CCCc2ccccc23)CCO1. The third-order valence-corrected chi connectivity index (χ3v) is 6.37. The van der Waals surface area contributed by atoms with E-state index in [1.807, 2.05) is 4.90 Å². The highest BCUT2D eigenvalue weighted by Gasteiger charge is 2.61. The predicted octanol–water partition coefficient (Wildman–Crippen LogP) is 1.52. The Balaban J connectivity index is 1.40. The molecule has 0 bridgehead atoms. The molecule has 1 N–H and O–H groups in total. The number of rotatable bonds is 5. The van der Waals surface area contributed by atoms with E-state index in [4.69, 9.17) is 9.84 Å². The van der Waals surface area contributed by atoms with Gasteiger partial charge in [-0.25, -0.2) is 0 Å². The van der Waals surface area contributed by atoms with Gasteiger partial charge in [-0.2, -0.15) is 0 Å². The molecular formula is C21H28N2O4. The fourth-order valence-electron chi connectivity index (χ4n) is 5.05. The Kier molecular flexibility index (Phi) is 4.95. The summed E-state index contributed by atoms with van der Waals surface area (Å²) in [5.41, 5.74) is 2.86. The molecule has 4 rings (SSSR count). The van der Waals surface area contributed by atoms with Gasteiger partial charge in [-0.15, -0.1) is 0 Å². The molecule has 2 fully saturated rings. The molecule has 3 aliphatic rings. The van der Waals surface area contributed by atoms with E-state index in [1.165, 1.54) is 11.1 Å². The van der Waals surface area contributed by atoms with Crippen molar-refractivity contribution in [1.29, 1.82) is 0 Å². The van der Waals surface area contributed by atoms with Crippen LogP contribution in [-0.4, -0.2) is 72.7 Å². The Morgan fingerprint density at radius 1 is 1.37 bits per heavy atom. The lowest BCUT2D eigenvalue weighted by Crippen LogP contribution is -2.50. The number of morpholine rings is 1. The number of amides is 1. The van der Waals surface area contributed by atoms with Gasteiger partial charge in [-0.05, 0) is 43.9 Å². The van der Waals surface area contributed by atoms with Gasteiger partial charge in [-0.3, -0.25) is 14.5 Å². The fraction of sp³-hybridized carbons (Fsp3) is 0.619. The van der Waals surface area contributed by atoms with Crippen molar-refractivity contribution in [3.8, 4) is 0 Å². The van der Waals surface area contributed by atoms with E-state index in [1.54, 1.807) is 11.9 Å². The lowest BCUT2D eigenvalue weighted by atomic mass is 9.78. The minimum absolute atomic E-state index is 0.0175. The van der Waals surface area contributed by atoms with Crippen LogP contribution in [0.1, 0.15) is 30.4 Å². The molecule has 2 aliphatic carbocycles. The molecule has 1 aromatic rings. The number of nitrogens with zero attached hydrogens (tertiary/aromatic N) is 2. The Labute approximate surface area is 160 Å². The van der Waals surface area contributed by atoms with Gasteiger partial charge < -0.3 is 14.7 Å². The van der Waals surface area contributed by atoms with Gasteiger partial charge in [0.25, 0.3) is 0 Å². The van der Waals surface area contributed by atoms with Crippen molar-refractivity contribution in [2.45, 2.75) is 37.2 Å². The van der Waals surface area contributed by atoms with Crippen LogP contribution >= 0.6 is 0 Å². The van der Waals surface area contributed by atoms with Crippen molar-refractivity contribution in [3.63, 3.8) is 0 Å². The first kappa shape index (κ1) is 18.4. The molecule has 1 heterocycles. The highest BCUT2D eigenvalue weighted by molar-refractivity contribution is 5.85. The zero-order valence-electron chi connectivity index (χ0n) is 15.9. The van der Waals surface area contributed by atoms with Crippen LogP contribution < -0.4 is 0 Å². The molecule has 27 heavy (non-hydrogen) atoms. The smallest absolute Gasteiger partial charge is 0.317 e. The van der Waals surface area contributed by atoms with Crippen LogP contribution in [0.2, 0.25) is 0 Å². The second-order valence-electron chi connectivity index (χ2n) is 8.29. The summed E-state index contributed by atoms with van der Waals surface area (Å²) < 4.78 is 5.78. The summed E-state index contributed by atoms with van der Waals surface area (Å²) in [6, 6.07) is 8.61. The normalized spacial score (nSPS) is 29.6. The first-order chi connectivity index (χ1) is 13.0. The molecule has 146 valence electrons. The monoisotopic (exact) mass is 372 g/mol. The van der Waals surface area contributed by atoms with E-state index in [-0.39, 0.29) is 29.9 Å². The first-order valence-electron chi connectivity index (χ1n) is 9.89. The molecule has 0 aromatic heterocycles. The average Bonchev–Trinajstić information content (AvgIpc) is 3.35. The van der Waals surface area contributed by atoms with Crippen molar-refractivity contribution < 1.29 is 19.4 Å². The molecule has 3 unspecified atom stereocenters. The predicted molar refractivity (Wildman–Crippen MR) is 101 cm³/mol. The average molecular weight is 372 g/mol. The maximum atomic E-state index is 13.2. The topological polar surface area (TPSA) is 70.1 Å². The molecule has 3 atom stereocenters. The maximum Gasteiger partial charge on any atom is 0.317 e. The van der Waals surface area contributed by atoms with Gasteiger partial charge >= 0.3 is 5.97 Å². The fourth-order valence-corrected chi connectivity index (χ4v) is 5.05. The summed E-state index contributed by atoms with van der Waals surface area (Å²) in [7, 11) is 1.77. The molecule has 1 spiro atoms. The maximum absolute atomic E-state index is 13.2. The molecule has 1 aliphatic heterocycles. The highest BCUT2D eigenvalue weighted by atomic mass is 16.5. The minimum Gasteiger partial charge on any atom is -0.480 e. The summed E-state index contributed by atoms with van der Waals surface area (Å²) >= 11 is 0. The van der Waals surface area contributed by atoms with Crippen LogP contribution in [0.15, 0.2) is 24.3 Å². The third kappa shape index (κ3) is 3.60. The van der Waals surface area contributed by atoms with Crippen molar-refractivity contribution >= 4 is 11.9 Å². The van der Waals surface area contributed by atoms with E-state index in [0.29, 0.717) is 26.2 Å². The Bertz CT molecular complexity index is 737. The van der Waals surface area contributed by atoms with Gasteiger partial charge in [-0.1, -0.05) is 24.3 Å². The summed E-state index contributed by atoms with van der Waals surface area (Å²) in [4.78, 5) is 27.7. The second-order valence-corrected chi connectivity index (χ2v) is 8.29. The van der Waals surface area contributed by atoms with Crippen LogP contribution in [0.4, 0.5) is 0 Å². The van der Waals surface area contributed by atoms with Gasteiger partial charge in [0.2, 0.25) is 5.91 Å². The van der Waals surface area contributed by atoms with E-state index >= 15 is 0 Å². The molecule has 1 saturated carbocycles. The van der Waals surface area contributed by atoms with Crippen molar-refractivity contribution in [3.05, 3.63) is 35.4 Å². The van der Waals surface area contributed by atoms with E-state index in [9.17, 15) is 9.59 Å². The molecule has 6 nitrogen and oxygen atoms in total. The number of carboxylic acid groups (broad SMARTS) is 1. The van der Waals surface area contributed by atoms with Crippen LogP contribution in [0.25, 0.3) is 0 Å². The number of hydrogen-bond acceptors (Lipinski definition) is 4. The van der Waals surface area contributed by atoms with Gasteiger partial charge in [0.05, 0.1) is 19.3 Å². The van der Waals surface area contributed by atoms with Gasteiger partial charge in [0.1, 0.15) is 0 Å². The largest absolute Gasteiger partial charge is 0.480 e. The van der Waals surface area contributed by atoms with E-state index < -0.39 is 5.97 Å². The number of carbonyl (C=O) groups excluding carboxylic acids is 1. The Morgan fingerprint density at radius 3 is 3.00 bits per heavy atom. The van der Waals surface area contributed by atoms with E-state index in [2.05, 4.69) is 24.3 Å². The van der Waals surface area contributed by atoms with Crippen molar-refractivity contribution in [2.24, 2.45) is 5.92 Å². The number of ether oxygens (including phenoxy) is 1. The quantitative estimate of drug-likeness (QED) is 0.849. The van der Waals surface area contributed by atoms with Gasteiger partial charge in [0, 0.05) is 31.0 Å². The molecular weight excluding hydrogens is 344 g/mol. The number of aliphatic carboxylic acids is 1. The van der Waals surface area contributed by atoms with Crippen LogP contribution in [0.5, 0.6) is 0 Å². The van der Waals surface area contributed by atoms with Crippen LogP contribution in [0.3, 0.4) is 0 Å². The number of likely N-dealkylation sites (N-methyl/N-ethyl adjacent to an activating group) is 1. The summed E-state index contributed by atoms with van der Waals surface area (Å²) in [6.07, 6.45) is 4.22. The number of benzene rings is 1. The lowest BCUT2D eigenvalue weighted by molar-refractivity contribution is -0.143. The summed E-state index contributed by atoms with van der Waals surface area (Å²) in [5, 5.41) is 8.91. The third-order valence-electron chi connectivity index (χ3n) is 6.37. The van der Waals surface area contributed by atoms with Crippen LogP contribution in [-0.2, 0) is 26.2 Å². The summed E-state index contributed by atoms with van der Waals surface area (Å²) in [6.45, 7) is 2.21. The van der Waals surface area contributed by atoms with Crippen molar-refractivity contribution in [2.75, 3.05) is 39.8 Å². The zero-order valence-corrected chi connectivity index (χ0v) is 15.9. The number of hydrogen-bond donors (Lipinski definition) is 1. The number of carbonyl (C=O) groups is 2. The number of fused-ring (bicyclic) bond motifs is 2.